The molecule has 0 spiro atoms. The predicted octanol–water partition coefficient (Wildman–Crippen LogP) is 3.23. The largest absolute Gasteiger partial charge is 0.497 e. The van der Waals surface area contributed by atoms with Crippen LogP contribution in [0.1, 0.15) is 28.9 Å². The minimum absolute atomic E-state index is 0.127. The molecule has 1 heterocycles. The second-order valence-corrected chi connectivity index (χ2v) is 4.73. The molecular formula is C15H15ClN2O2. The number of rotatable bonds is 4. The predicted molar refractivity (Wildman–Crippen MR) is 78.1 cm³/mol. The van der Waals surface area contributed by atoms with E-state index in [1.165, 1.54) is 6.20 Å². The van der Waals surface area contributed by atoms with Crippen molar-refractivity contribution in [3.8, 4) is 5.75 Å². The van der Waals surface area contributed by atoms with Crippen molar-refractivity contribution in [2.75, 3.05) is 7.11 Å². The van der Waals surface area contributed by atoms with Gasteiger partial charge in [-0.25, -0.2) is 0 Å². The number of hydrogen-bond donors (Lipinski definition) is 1. The van der Waals surface area contributed by atoms with Crippen molar-refractivity contribution in [3.05, 3.63) is 58.9 Å². The number of ether oxygens (including phenoxy) is 1. The van der Waals surface area contributed by atoms with Gasteiger partial charge in [-0.1, -0.05) is 23.7 Å². The molecule has 1 unspecified atom stereocenters. The van der Waals surface area contributed by atoms with Crippen LogP contribution in [-0.2, 0) is 0 Å². The molecule has 2 aromatic rings. The number of carbonyl (C=O) groups excluding carboxylic acids is 1. The topological polar surface area (TPSA) is 51.2 Å². The Morgan fingerprint density at radius 2 is 2.00 bits per heavy atom. The lowest BCUT2D eigenvalue weighted by atomic mass is 10.1. The van der Waals surface area contributed by atoms with E-state index in [-0.39, 0.29) is 11.9 Å². The Hall–Kier alpha value is -2.07. The van der Waals surface area contributed by atoms with Gasteiger partial charge in [0.05, 0.1) is 23.7 Å². The van der Waals surface area contributed by atoms with E-state index in [4.69, 9.17) is 16.3 Å². The van der Waals surface area contributed by atoms with Gasteiger partial charge in [0, 0.05) is 12.4 Å². The Kier molecular flexibility index (Phi) is 4.58. The lowest BCUT2D eigenvalue weighted by Crippen LogP contribution is -2.26. The zero-order valence-electron chi connectivity index (χ0n) is 11.3. The molecule has 1 atom stereocenters. The molecule has 0 radical (unpaired) electrons. The highest BCUT2D eigenvalue weighted by Gasteiger charge is 2.14. The Morgan fingerprint density at radius 1 is 1.30 bits per heavy atom. The molecule has 0 bridgehead atoms. The maximum absolute atomic E-state index is 12.1. The fraction of sp³-hybridized carbons (Fsp3) is 0.200. The van der Waals surface area contributed by atoms with E-state index in [0.29, 0.717) is 10.6 Å². The molecule has 0 saturated carbocycles. The average molecular weight is 291 g/mol. The van der Waals surface area contributed by atoms with Crippen LogP contribution in [0.5, 0.6) is 5.75 Å². The van der Waals surface area contributed by atoms with Crippen LogP contribution in [0, 0.1) is 0 Å². The Balaban J connectivity index is 2.09. The van der Waals surface area contributed by atoms with Crippen LogP contribution in [0.15, 0.2) is 42.7 Å². The molecule has 0 aliphatic carbocycles. The monoisotopic (exact) mass is 290 g/mol. The van der Waals surface area contributed by atoms with E-state index in [2.05, 4.69) is 10.3 Å². The van der Waals surface area contributed by atoms with Gasteiger partial charge in [0.15, 0.2) is 0 Å². The number of benzene rings is 1. The smallest absolute Gasteiger partial charge is 0.253 e. The molecule has 1 amide bonds. The van der Waals surface area contributed by atoms with Crippen LogP contribution >= 0.6 is 11.6 Å². The van der Waals surface area contributed by atoms with E-state index in [0.717, 1.165) is 11.3 Å². The number of hydrogen-bond acceptors (Lipinski definition) is 3. The fourth-order valence-corrected chi connectivity index (χ4v) is 2.01. The minimum Gasteiger partial charge on any atom is -0.497 e. The maximum Gasteiger partial charge on any atom is 0.253 e. The van der Waals surface area contributed by atoms with Gasteiger partial charge in [-0.2, -0.15) is 0 Å². The summed E-state index contributed by atoms with van der Waals surface area (Å²) in [6, 6.07) is 9.01. The van der Waals surface area contributed by atoms with Gasteiger partial charge < -0.3 is 10.1 Å². The maximum atomic E-state index is 12.1. The third-order valence-corrected chi connectivity index (χ3v) is 3.28. The SMILES string of the molecule is COc1ccc(C(C)NC(=O)c2ccncc2Cl)cc1. The zero-order valence-corrected chi connectivity index (χ0v) is 12.0. The number of halogens is 1. The molecule has 0 saturated heterocycles. The molecule has 0 aliphatic heterocycles. The summed E-state index contributed by atoms with van der Waals surface area (Å²) in [5.74, 6) is 0.560. The van der Waals surface area contributed by atoms with Gasteiger partial charge in [0.1, 0.15) is 5.75 Å². The number of nitrogens with one attached hydrogen (secondary N) is 1. The van der Waals surface area contributed by atoms with Crippen molar-refractivity contribution in [1.29, 1.82) is 0 Å². The summed E-state index contributed by atoms with van der Waals surface area (Å²) < 4.78 is 5.10. The van der Waals surface area contributed by atoms with Crippen LogP contribution in [0.3, 0.4) is 0 Å². The van der Waals surface area contributed by atoms with Gasteiger partial charge >= 0.3 is 0 Å². The first-order valence-corrected chi connectivity index (χ1v) is 6.54. The molecule has 0 fully saturated rings. The highest BCUT2D eigenvalue weighted by Crippen LogP contribution is 2.19. The molecule has 104 valence electrons. The highest BCUT2D eigenvalue weighted by molar-refractivity contribution is 6.33. The van der Waals surface area contributed by atoms with Gasteiger partial charge in [-0.3, -0.25) is 9.78 Å². The summed E-state index contributed by atoms with van der Waals surface area (Å²) in [5.41, 5.74) is 1.41. The molecule has 5 heteroatoms. The number of pyridine rings is 1. The van der Waals surface area contributed by atoms with Crippen LogP contribution in [0.4, 0.5) is 0 Å². The molecule has 4 nitrogen and oxygen atoms in total. The molecular weight excluding hydrogens is 276 g/mol. The first-order valence-electron chi connectivity index (χ1n) is 6.16. The van der Waals surface area contributed by atoms with Crippen LogP contribution in [0.2, 0.25) is 5.02 Å². The van der Waals surface area contributed by atoms with Crippen molar-refractivity contribution in [1.82, 2.24) is 10.3 Å². The van der Waals surface area contributed by atoms with E-state index < -0.39 is 0 Å². The Morgan fingerprint density at radius 3 is 2.60 bits per heavy atom. The van der Waals surface area contributed by atoms with Gasteiger partial charge in [0.25, 0.3) is 5.91 Å². The molecule has 2 rings (SSSR count). The van der Waals surface area contributed by atoms with Crippen molar-refractivity contribution in [2.45, 2.75) is 13.0 Å². The molecule has 1 N–H and O–H groups in total. The molecule has 0 aliphatic rings. The second kappa shape index (κ2) is 6.39. The fourth-order valence-electron chi connectivity index (χ4n) is 1.81. The summed E-state index contributed by atoms with van der Waals surface area (Å²) >= 11 is 5.95. The van der Waals surface area contributed by atoms with Crippen LogP contribution in [0.25, 0.3) is 0 Å². The first-order chi connectivity index (χ1) is 9.61. The van der Waals surface area contributed by atoms with Crippen molar-refractivity contribution in [2.24, 2.45) is 0 Å². The quantitative estimate of drug-likeness (QED) is 0.940. The standard InChI is InChI=1S/C15H15ClN2O2/c1-10(11-3-5-12(20-2)6-4-11)18-15(19)13-7-8-17-9-14(13)16/h3-10H,1-2H3,(H,18,19). The first kappa shape index (κ1) is 14.3. The van der Waals surface area contributed by atoms with E-state index in [1.807, 2.05) is 31.2 Å². The Bertz CT molecular complexity index is 599. The summed E-state index contributed by atoms with van der Waals surface area (Å²) in [7, 11) is 1.62. The molecule has 20 heavy (non-hydrogen) atoms. The summed E-state index contributed by atoms with van der Waals surface area (Å²) in [5, 5.41) is 3.24. The summed E-state index contributed by atoms with van der Waals surface area (Å²) in [6.07, 6.45) is 2.99. The average Bonchev–Trinajstić information content (AvgIpc) is 2.47. The van der Waals surface area contributed by atoms with E-state index >= 15 is 0 Å². The van der Waals surface area contributed by atoms with E-state index in [1.54, 1.807) is 19.4 Å². The van der Waals surface area contributed by atoms with Crippen molar-refractivity contribution >= 4 is 17.5 Å². The highest BCUT2D eigenvalue weighted by atomic mass is 35.5. The van der Waals surface area contributed by atoms with Crippen molar-refractivity contribution < 1.29 is 9.53 Å². The molecule has 1 aromatic heterocycles. The van der Waals surface area contributed by atoms with E-state index in [9.17, 15) is 4.79 Å². The van der Waals surface area contributed by atoms with Gasteiger partial charge in [-0.05, 0) is 30.7 Å². The van der Waals surface area contributed by atoms with Crippen molar-refractivity contribution in [3.63, 3.8) is 0 Å². The summed E-state index contributed by atoms with van der Waals surface area (Å²) in [4.78, 5) is 16.0. The van der Waals surface area contributed by atoms with Crippen LogP contribution in [-0.4, -0.2) is 18.0 Å². The molecule has 1 aromatic carbocycles. The normalized spacial score (nSPS) is 11.8. The van der Waals surface area contributed by atoms with Gasteiger partial charge in [-0.15, -0.1) is 0 Å². The van der Waals surface area contributed by atoms with Crippen LogP contribution < -0.4 is 10.1 Å². The second-order valence-electron chi connectivity index (χ2n) is 4.32. The summed E-state index contributed by atoms with van der Waals surface area (Å²) in [6.45, 7) is 1.91. The Labute approximate surface area is 122 Å². The lowest BCUT2D eigenvalue weighted by Gasteiger charge is -2.15. The number of nitrogens with zero attached hydrogens (tertiary/aromatic N) is 1. The number of methoxy groups -OCH3 is 1. The zero-order chi connectivity index (χ0) is 14.5. The number of aromatic nitrogens is 1. The number of carbonyl (C=O) groups is 1. The third-order valence-electron chi connectivity index (χ3n) is 2.98. The minimum atomic E-state index is -0.222. The lowest BCUT2D eigenvalue weighted by molar-refractivity contribution is 0.0940. The number of amides is 1. The van der Waals surface area contributed by atoms with Gasteiger partial charge in [0.2, 0.25) is 0 Å². The third kappa shape index (κ3) is 3.27.